The maximum absolute atomic E-state index is 6.22. The Morgan fingerprint density at radius 1 is 1.24 bits per heavy atom. The van der Waals surface area contributed by atoms with E-state index < -0.39 is 0 Å². The molecule has 2 atom stereocenters. The van der Waals surface area contributed by atoms with Gasteiger partial charge in [0.05, 0.1) is 0 Å². The van der Waals surface area contributed by atoms with Crippen LogP contribution < -0.4 is 20.9 Å². The van der Waals surface area contributed by atoms with E-state index in [4.69, 9.17) is 20.9 Å². The lowest BCUT2D eigenvalue weighted by Gasteiger charge is -2.24. The molecule has 2 unspecified atom stereocenters. The van der Waals surface area contributed by atoms with Crippen LogP contribution in [-0.2, 0) is 0 Å². The summed E-state index contributed by atoms with van der Waals surface area (Å²) in [6, 6.07) is 5.85. The monoisotopic (exact) mass is 236 g/mol. The molecule has 1 aromatic carbocycles. The Morgan fingerprint density at radius 3 is 2.59 bits per heavy atom. The van der Waals surface area contributed by atoms with Crippen LogP contribution in [0.3, 0.4) is 0 Å². The molecule has 0 spiro atoms. The lowest BCUT2D eigenvalue weighted by molar-refractivity contribution is 0.171. The lowest BCUT2D eigenvalue weighted by atomic mass is 9.91. The van der Waals surface area contributed by atoms with Gasteiger partial charge in [0.25, 0.3) is 0 Å². The molecule has 1 aliphatic rings. The summed E-state index contributed by atoms with van der Waals surface area (Å²) in [6.45, 7) is 3.92. The third kappa shape index (κ3) is 2.53. The summed E-state index contributed by atoms with van der Waals surface area (Å²) in [6.07, 6.45) is 0.978. The van der Waals surface area contributed by atoms with Gasteiger partial charge < -0.3 is 20.9 Å². The van der Waals surface area contributed by atoms with Gasteiger partial charge in [0.15, 0.2) is 11.5 Å². The van der Waals surface area contributed by atoms with Gasteiger partial charge >= 0.3 is 0 Å². The van der Waals surface area contributed by atoms with Crippen molar-refractivity contribution in [2.75, 3.05) is 19.8 Å². The van der Waals surface area contributed by atoms with E-state index in [1.165, 1.54) is 0 Å². The van der Waals surface area contributed by atoms with Gasteiger partial charge in [0, 0.05) is 6.04 Å². The standard InChI is InChI=1S/C13H20N2O2/c1-2-9(8-14)13(15)10-3-4-11-12(7-10)17-6-5-16-11/h3-4,7,9,13H,2,5-6,8,14-15H2,1H3. The molecule has 4 heteroatoms. The summed E-state index contributed by atoms with van der Waals surface area (Å²) < 4.78 is 11.0. The van der Waals surface area contributed by atoms with Crippen molar-refractivity contribution in [3.05, 3.63) is 23.8 Å². The number of hydrogen-bond acceptors (Lipinski definition) is 4. The Morgan fingerprint density at radius 2 is 1.94 bits per heavy atom. The molecule has 0 fully saturated rings. The average molecular weight is 236 g/mol. The topological polar surface area (TPSA) is 70.5 Å². The first-order valence-electron chi connectivity index (χ1n) is 6.11. The van der Waals surface area contributed by atoms with E-state index in [1.54, 1.807) is 0 Å². The van der Waals surface area contributed by atoms with Gasteiger partial charge in [-0.25, -0.2) is 0 Å². The van der Waals surface area contributed by atoms with Crippen LogP contribution in [0.1, 0.15) is 24.9 Å². The molecule has 0 radical (unpaired) electrons. The first-order chi connectivity index (χ1) is 8.26. The van der Waals surface area contributed by atoms with E-state index in [0.29, 0.717) is 25.7 Å². The van der Waals surface area contributed by atoms with Crippen molar-refractivity contribution in [3.8, 4) is 11.5 Å². The summed E-state index contributed by atoms with van der Waals surface area (Å²) in [4.78, 5) is 0. The molecule has 1 aromatic rings. The number of hydrogen-bond donors (Lipinski definition) is 2. The van der Waals surface area contributed by atoms with Crippen LogP contribution in [0.15, 0.2) is 18.2 Å². The maximum Gasteiger partial charge on any atom is 0.161 e. The molecule has 94 valence electrons. The van der Waals surface area contributed by atoms with Crippen LogP contribution in [0, 0.1) is 5.92 Å². The Labute approximate surface area is 102 Å². The summed E-state index contributed by atoms with van der Waals surface area (Å²) in [5.74, 6) is 1.89. The minimum absolute atomic E-state index is 0.0409. The fraction of sp³-hybridized carbons (Fsp3) is 0.538. The van der Waals surface area contributed by atoms with Gasteiger partial charge in [-0.3, -0.25) is 0 Å². The van der Waals surface area contributed by atoms with Crippen molar-refractivity contribution >= 4 is 0 Å². The number of fused-ring (bicyclic) bond motifs is 1. The van der Waals surface area contributed by atoms with Gasteiger partial charge in [0.2, 0.25) is 0 Å². The highest BCUT2D eigenvalue weighted by Crippen LogP contribution is 2.33. The van der Waals surface area contributed by atoms with E-state index in [9.17, 15) is 0 Å². The van der Waals surface area contributed by atoms with Crippen LogP contribution in [0.5, 0.6) is 11.5 Å². The van der Waals surface area contributed by atoms with E-state index in [1.807, 2.05) is 18.2 Å². The smallest absolute Gasteiger partial charge is 0.161 e. The fourth-order valence-corrected chi connectivity index (χ4v) is 2.11. The molecule has 17 heavy (non-hydrogen) atoms. The second-order valence-electron chi connectivity index (χ2n) is 4.33. The highest BCUT2D eigenvalue weighted by molar-refractivity contribution is 5.44. The quantitative estimate of drug-likeness (QED) is 0.830. The third-order valence-corrected chi connectivity index (χ3v) is 3.29. The minimum Gasteiger partial charge on any atom is -0.486 e. The molecule has 1 aliphatic heterocycles. The highest BCUT2D eigenvalue weighted by atomic mass is 16.6. The number of rotatable bonds is 4. The maximum atomic E-state index is 6.22. The molecule has 0 aliphatic carbocycles. The van der Waals surface area contributed by atoms with Crippen LogP contribution in [-0.4, -0.2) is 19.8 Å². The zero-order valence-electron chi connectivity index (χ0n) is 10.2. The molecule has 1 heterocycles. The summed E-state index contributed by atoms with van der Waals surface area (Å²) in [5.41, 5.74) is 13.0. The molecule has 4 nitrogen and oxygen atoms in total. The normalized spacial score (nSPS) is 17.6. The van der Waals surface area contributed by atoms with Crippen molar-refractivity contribution in [1.29, 1.82) is 0 Å². The molecule has 4 N–H and O–H groups in total. The van der Waals surface area contributed by atoms with Crippen molar-refractivity contribution in [3.63, 3.8) is 0 Å². The Bertz CT molecular complexity index is 378. The van der Waals surface area contributed by atoms with Gasteiger partial charge in [-0.05, 0) is 30.2 Å². The number of benzene rings is 1. The Kier molecular flexibility index (Phi) is 3.86. The van der Waals surface area contributed by atoms with Crippen molar-refractivity contribution in [1.82, 2.24) is 0 Å². The molecule has 0 saturated heterocycles. The van der Waals surface area contributed by atoms with Crippen molar-refractivity contribution in [2.24, 2.45) is 17.4 Å². The van der Waals surface area contributed by atoms with Crippen LogP contribution in [0.25, 0.3) is 0 Å². The summed E-state index contributed by atoms with van der Waals surface area (Å²) in [7, 11) is 0. The molecule has 0 amide bonds. The average Bonchev–Trinajstić information content (AvgIpc) is 2.39. The lowest BCUT2D eigenvalue weighted by Crippen LogP contribution is -2.27. The SMILES string of the molecule is CCC(CN)C(N)c1ccc2c(c1)OCCO2. The van der Waals surface area contributed by atoms with Gasteiger partial charge in [-0.2, -0.15) is 0 Å². The zero-order valence-corrected chi connectivity index (χ0v) is 10.2. The fourth-order valence-electron chi connectivity index (χ4n) is 2.11. The van der Waals surface area contributed by atoms with Crippen LogP contribution >= 0.6 is 0 Å². The largest absolute Gasteiger partial charge is 0.486 e. The van der Waals surface area contributed by atoms with Crippen LogP contribution in [0.4, 0.5) is 0 Å². The highest BCUT2D eigenvalue weighted by Gasteiger charge is 2.19. The van der Waals surface area contributed by atoms with Gasteiger partial charge in [0.1, 0.15) is 13.2 Å². The molecular weight excluding hydrogens is 216 g/mol. The van der Waals surface area contributed by atoms with Gasteiger partial charge in [-0.1, -0.05) is 19.4 Å². The van der Waals surface area contributed by atoms with Crippen molar-refractivity contribution in [2.45, 2.75) is 19.4 Å². The first kappa shape index (κ1) is 12.2. The molecule has 0 aromatic heterocycles. The van der Waals surface area contributed by atoms with Gasteiger partial charge in [-0.15, -0.1) is 0 Å². The first-order valence-corrected chi connectivity index (χ1v) is 6.11. The molecule has 0 saturated carbocycles. The predicted octanol–water partition coefficient (Wildman–Crippen LogP) is 1.44. The molecule has 2 rings (SSSR count). The summed E-state index contributed by atoms with van der Waals surface area (Å²) >= 11 is 0. The third-order valence-electron chi connectivity index (χ3n) is 3.29. The number of nitrogens with two attached hydrogens (primary N) is 2. The Hall–Kier alpha value is -1.26. The second-order valence-corrected chi connectivity index (χ2v) is 4.33. The number of ether oxygens (including phenoxy) is 2. The molecular formula is C13H20N2O2. The molecule has 0 bridgehead atoms. The van der Waals surface area contributed by atoms with E-state index in [-0.39, 0.29) is 6.04 Å². The zero-order chi connectivity index (χ0) is 12.3. The minimum atomic E-state index is -0.0409. The predicted molar refractivity (Wildman–Crippen MR) is 67.2 cm³/mol. The van der Waals surface area contributed by atoms with Crippen molar-refractivity contribution < 1.29 is 9.47 Å². The Balaban J connectivity index is 2.21. The summed E-state index contributed by atoms with van der Waals surface area (Å²) in [5, 5.41) is 0. The van der Waals surface area contributed by atoms with E-state index in [0.717, 1.165) is 23.5 Å². The van der Waals surface area contributed by atoms with Crippen LogP contribution in [0.2, 0.25) is 0 Å². The second kappa shape index (κ2) is 5.38. The van der Waals surface area contributed by atoms with E-state index in [2.05, 4.69) is 6.92 Å². The van der Waals surface area contributed by atoms with E-state index >= 15 is 0 Å².